The molecule has 170 valence electrons. The predicted octanol–water partition coefficient (Wildman–Crippen LogP) is 2.32. The molecule has 2 amide bonds. The number of hydrogen-bond donors (Lipinski definition) is 0. The number of rotatable bonds is 3. The summed E-state index contributed by atoms with van der Waals surface area (Å²) in [5, 5.41) is 9.74. The van der Waals surface area contributed by atoms with Crippen LogP contribution in [0.5, 0.6) is 0 Å². The van der Waals surface area contributed by atoms with Gasteiger partial charge in [-0.1, -0.05) is 12.1 Å². The smallest absolute Gasteiger partial charge is 0.337 e. The van der Waals surface area contributed by atoms with Crippen LogP contribution in [0.25, 0.3) is 5.82 Å². The van der Waals surface area contributed by atoms with Crippen molar-refractivity contribution in [2.24, 2.45) is 5.10 Å². The van der Waals surface area contributed by atoms with Crippen molar-refractivity contribution >= 4 is 18.2 Å². The van der Waals surface area contributed by atoms with E-state index in [1.807, 2.05) is 4.90 Å². The molecule has 10 nitrogen and oxygen atoms in total. The highest BCUT2D eigenvalue weighted by Crippen LogP contribution is 2.30. The average Bonchev–Trinajstić information content (AvgIpc) is 3.48. The lowest BCUT2D eigenvalue weighted by molar-refractivity contribution is 0.139. The fraction of sp³-hybridized carbons (Fsp3) is 0.333. The summed E-state index contributed by atoms with van der Waals surface area (Å²) in [6.07, 6.45) is 4.70. The zero-order chi connectivity index (χ0) is 22.9. The first-order chi connectivity index (χ1) is 16.0. The SMILES string of the molecule is Cc1ncn(-c2nc(N3CCN(C(=O)N4N=CCC4c4cccc(F)c4)CC3)ncc2F)n1. The lowest BCUT2D eigenvalue weighted by Crippen LogP contribution is -2.52. The van der Waals surface area contributed by atoms with Crippen LogP contribution in [-0.2, 0) is 0 Å². The third kappa shape index (κ3) is 4.11. The second kappa shape index (κ2) is 8.52. The molecule has 0 spiro atoms. The van der Waals surface area contributed by atoms with E-state index in [2.05, 4.69) is 25.2 Å². The zero-order valence-electron chi connectivity index (χ0n) is 17.8. The van der Waals surface area contributed by atoms with Gasteiger partial charge in [-0.3, -0.25) is 0 Å². The Morgan fingerprint density at radius 3 is 2.67 bits per heavy atom. The van der Waals surface area contributed by atoms with Gasteiger partial charge in [-0.15, -0.1) is 0 Å². The van der Waals surface area contributed by atoms with Crippen LogP contribution < -0.4 is 4.90 Å². The first-order valence-electron chi connectivity index (χ1n) is 10.5. The van der Waals surface area contributed by atoms with Gasteiger partial charge in [0.25, 0.3) is 0 Å². The molecule has 2 aliphatic heterocycles. The first kappa shape index (κ1) is 20.9. The Hall–Kier alpha value is -3.96. The number of halogens is 2. The van der Waals surface area contributed by atoms with Gasteiger partial charge >= 0.3 is 6.03 Å². The standard InChI is InChI=1S/C21H21F2N9O/c1-14-25-13-31(28-14)19-17(23)12-24-20(27-19)29-7-9-30(10-8-29)21(33)32-18(5-6-26-32)15-3-2-4-16(22)11-15/h2-4,6,11-13,18H,5,7-10H2,1H3. The molecule has 0 radical (unpaired) electrons. The molecule has 1 atom stereocenters. The molecule has 1 fully saturated rings. The molecular formula is C21H21F2N9O. The van der Waals surface area contributed by atoms with Crippen molar-refractivity contribution in [2.75, 3.05) is 31.1 Å². The van der Waals surface area contributed by atoms with Gasteiger partial charge in [0.2, 0.25) is 5.95 Å². The van der Waals surface area contributed by atoms with Crippen molar-refractivity contribution in [3.63, 3.8) is 0 Å². The molecule has 1 aromatic carbocycles. The number of amides is 2. The number of aryl methyl sites for hydroxylation is 1. The van der Waals surface area contributed by atoms with E-state index in [0.29, 0.717) is 49.9 Å². The Balaban J connectivity index is 1.26. The van der Waals surface area contributed by atoms with Crippen molar-refractivity contribution in [3.05, 3.63) is 59.8 Å². The molecule has 33 heavy (non-hydrogen) atoms. The number of hydrogen-bond acceptors (Lipinski definition) is 7. The van der Waals surface area contributed by atoms with Gasteiger partial charge in [0, 0.05) is 38.8 Å². The summed E-state index contributed by atoms with van der Waals surface area (Å²) < 4.78 is 29.2. The second-order valence-electron chi connectivity index (χ2n) is 7.78. The molecule has 0 saturated carbocycles. The lowest BCUT2D eigenvalue weighted by atomic mass is 10.0. The van der Waals surface area contributed by atoms with Crippen molar-refractivity contribution in [1.29, 1.82) is 0 Å². The minimum absolute atomic E-state index is 0.0171. The van der Waals surface area contributed by atoms with E-state index in [1.54, 1.807) is 30.2 Å². The highest BCUT2D eigenvalue weighted by molar-refractivity contribution is 5.78. The number of urea groups is 1. The molecule has 3 aromatic rings. The first-order valence-corrected chi connectivity index (χ1v) is 10.5. The number of anilines is 1. The van der Waals surface area contributed by atoms with Gasteiger partial charge in [0.1, 0.15) is 18.0 Å². The molecule has 0 aliphatic carbocycles. The van der Waals surface area contributed by atoms with E-state index >= 15 is 0 Å². The molecule has 0 N–H and O–H groups in total. The van der Waals surface area contributed by atoms with Gasteiger partial charge in [-0.2, -0.15) is 19.9 Å². The Labute approximate surface area is 188 Å². The van der Waals surface area contributed by atoms with E-state index in [1.165, 1.54) is 28.2 Å². The maximum atomic E-state index is 14.2. The largest absolute Gasteiger partial charge is 0.341 e. The fourth-order valence-electron chi connectivity index (χ4n) is 3.94. The monoisotopic (exact) mass is 453 g/mol. The van der Waals surface area contributed by atoms with Crippen molar-refractivity contribution in [3.8, 4) is 5.82 Å². The Morgan fingerprint density at radius 2 is 1.94 bits per heavy atom. The molecule has 2 aliphatic rings. The molecule has 1 saturated heterocycles. The van der Waals surface area contributed by atoms with Gasteiger partial charge in [-0.05, 0) is 24.6 Å². The van der Waals surface area contributed by atoms with Crippen molar-refractivity contribution in [2.45, 2.75) is 19.4 Å². The maximum Gasteiger partial charge on any atom is 0.341 e. The number of carbonyl (C=O) groups is 1. The highest BCUT2D eigenvalue weighted by atomic mass is 19.1. The zero-order valence-corrected chi connectivity index (χ0v) is 17.8. The third-order valence-corrected chi connectivity index (χ3v) is 5.63. The van der Waals surface area contributed by atoms with Gasteiger partial charge < -0.3 is 9.80 Å². The van der Waals surface area contributed by atoms with Gasteiger partial charge in [-0.25, -0.2) is 28.6 Å². The Kier molecular flexibility index (Phi) is 5.40. The topological polar surface area (TPSA) is 95.6 Å². The molecule has 4 heterocycles. The second-order valence-corrected chi connectivity index (χ2v) is 7.78. The summed E-state index contributed by atoms with van der Waals surface area (Å²) in [5.74, 6) is -0.0809. The van der Waals surface area contributed by atoms with E-state index in [0.717, 1.165) is 6.20 Å². The van der Waals surface area contributed by atoms with Crippen molar-refractivity contribution in [1.82, 2.24) is 34.6 Å². The fourth-order valence-corrected chi connectivity index (χ4v) is 3.94. The molecule has 5 rings (SSSR count). The normalized spacial score (nSPS) is 18.3. The number of benzene rings is 1. The maximum absolute atomic E-state index is 14.2. The number of hydrazone groups is 1. The minimum Gasteiger partial charge on any atom is -0.337 e. The van der Waals surface area contributed by atoms with Crippen LogP contribution in [0.4, 0.5) is 19.5 Å². The van der Waals surface area contributed by atoms with Crippen LogP contribution in [0.1, 0.15) is 23.9 Å². The number of nitrogens with zero attached hydrogens (tertiary/aromatic N) is 9. The number of piperazine rings is 1. The van der Waals surface area contributed by atoms with Crippen LogP contribution in [-0.4, -0.2) is 73.1 Å². The van der Waals surface area contributed by atoms with Crippen LogP contribution in [0.3, 0.4) is 0 Å². The summed E-state index contributed by atoms with van der Waals surface area (Å²) in [5.41, 5.74) is 0.704. The van der Waals surface area contributed by atoms with Crippen LogP contribution >= 0.6 is 0 Å². The quantitative estimate of drug-likeness (QED) is 0.604. The van der Waals surface area contributed by atoms with E-state index in [4.69, 9.17) is 0 Å². The summed E-state index contributed by atoms with van der Waals surface area (Å²) >= 11 is 0. The summed E-state index contributed by atoms with van der Waals surface area (Å²) in [6.45, 7) is 3.47. The van der Waals surface area contributed by atoms with Crippen LogP contribution in [0.2, 0.25) is 0 Å². The lowest BCUT2D eigenvalue weighted by Gasteiger charge is -2.37. The van der Waals surface area contributed by atoms with E-state index < -0.39 is 5.82 Å². The molecule has 12 heteroatoms. The summed E-state index contributed by atoms with van der Waals surface area (Å²) in [7, 11) is 0. The van der Waals surface area contributed by atoms with Crippen molar-refractivity contribution < 1.29 is 13.6 Å². The number of aromatic nitrogens is 5. The molecule has 1 unspecified atom stereocenters. The Morgan fingerprint density at radius 1 is 1.12 bits per heavy atom. The summed E-state index contributed by atoms with van der Waals surface area (Å²) in [4.78, 5) is 29.1. The van der Waals surface area contributed by atoms with Gasteiger partial charge in [0.15, 0.2) is 11.6 Å². The molecular weight excluding hydrogens is 432 g/mol. The Bertz CT molecular complexity index is 1210. The van der Waals surface area contributed by atoms with Crippen LogP contribution in [0, 0.1) is 18.6 Å². The predicted molar refractivity (Wildman–Crippen MR) is 115 cm³/mol. The van der Waals surface area contributed by atoms with E-state index in [9.17, 15) is 13.6 Å². The third-order valence-electron chi connectivity index (χ3n) is 5.63. The van der Waals surface area contributed by atoms with E-state index in [-0.39, 0.29) is 23.7 Å². The molecule has 0 bridgehead atoms. The average molecular weight is 453 g/mol. The summed E-state index contributed by atoms with van der Waals surface area (Å²) in [6, 6.07) is 5.65. The minimum atomic E-state index is -0.604. The highest BCUT2D eigenvalue weighted by Gasteiger charge is 2.33. The number of carbonyl (C=O) groups excluding carboxylic acids is 1. The van der Waals surface area contributed by atoms with Crippen LogP contribution in [0.15, 0.2) is 41.9 Å². The molecule has 2 aromatic heterocycles. The van der Waals surface area contributed by atoms with Gasteiger partial charge in [0.05, 0.1) is 12.2 Å².